The van der Waals surface area contributed by atoms with Gasteiger partial charge >= 0.3 is 0 Å². The Bertz CT molecular complexity index is 380. The van der Waals surface area contributed by atoms with Gasteiger partial charge in [0.1, 0.15) is 0 Å². The molecular formula is C14H20ClNO. The van der Waals surface area contributed by atoms with Gasteiger partial charge in [-0.25, -0.2) is 0 Å². The Labute approximate surface area is 108 Å². The molecule has 1 heterocycles. The number of aliphatic hydroxyl groups excluding tert-OH is 1. The lowest BCUT2D eigenvalue weighted by Gasteiger charge is -2.35. The fourth-order valence-electron chi connectivity index (χ4n) is 2.62. The molecule has 17 heavy (non-hydrogen) atoms. The first-order valence-corrected chi connectivity index (χ1v) is 6.77. The number of hydrogen-bond donors (Lipinski definition) is 1. The topological polar surface area (TPSA) is 23.5 Å². The number of halogens is 1. The van der Waals surface area contributed by atoms with Gasteiger partial charge in [0.2, 0.25) is 0 Å². The van der Waals surface area contributed by atoms with E-state index in [1.165, 1.54) is 19.3 Å². The van der Waals surface area contributed by atoms with Gasteiger partial charge < -0.3 is 10.0 Å². The highest BCUT2D eigenvalue weighted by atomic mass is 35.5. The summed E-state index contributed by atoms with van der Waals surface area (Å²) in [5, 5.41) is 10.1. The average Bonchev–Trinajstić information content (AvgIpc) is 2.38. The Morgan fingerprint density at radius 1 is 1.47 bits per heavy atom. The zero-order valence-corrected chi connectivity index (χ0v) is 11.1. The average molecular weight is 254 g/mol. The zero-order valence-electron chi connectivity index (χ0n) is 10.3. The highest BCUT2D eigenvalue weighted by molar-refractivity contribution is 6.31. The molecule has 3 heteroatoms. The van der Waals surface area contributed by atoms with Crippen LogP contribution in [0.15, 0.2) is 18.2 Å². The van der Waals surface area contributed by atoms with E-state index in [2.05, 4.69) is 17.9 Å². The summed E-state index contributed by atoms with van der Waals surface area (Å²) in [6.07, 6.45) is 3.78. The lowest BCUT2D eigenvalue weighted by Crippen LogP contribution is -2.35. The molecule has 1 N–H and O–H groups in total. The number of piperidine rings is 1. The van der Waals surface area contributed by atoms with Crippen molar-refractivity contribution in [3.8, 4) is 0 Å². The second-order valence-electron chi connectivity index (χ2n) is 4.76. The predicted octanol–water partition coefficient (Wildman–Crippen LogP) is 3.46. The van der Waals surface area contributed by atoms with E-state index in [0.717, 1.165) is 30.3 Å². The molecule has 1 saturated heterocycles. The normalized spacial score (nSPS) is 20.6. The van der Waals surface area contributed by atoms with Crippen LogP contribution in [0.3, 0.4) is 0 Å². The molecule has 1 aliphatic rings. The van der Waals surface area contributed by atoms with Crippen molar-refractivity contribution in [2.75, 3.05) is 18.0 Å². The van der Waals surface area contributed by atoms with Crippen LogP contribution in [-0.4, -0.2) is 18.2 Å². The first-order valence-electron chi connectivity index (χ1n) is 6.39. The highest BCUT2D eigenvalue weighted by Crippen LogP contribution is 2.31. The van der Waals surface area contributed by atoms with Gasteiger partial charge in [0.25, 0.3) is 0 Å². The van der Waals surface area contributed by atoms with E-state index in [-0.39, 0.29) is 6.61 Å². The molecule has 0 saturated carbocycles. The molecule has 1 aromatic rings. The zero-order chi connectivity index (χ0) is 12.3. The third-order valence-corrected chi connectivity index (χ3v) is 4.04. The molecule has 0 radical (unpaired) electrons. The van der Waals surface area contributed by atoms with E-state index in [4.69, 9.17) is 11.6 Å². The second-order valence-corrected chi connectivity index (χ2v) is 5.17. The summed E-state index contributed by atoms with van der Waals surface area (Å²) < 4.78 is 0. The van der Waals surface area contributed by atoms with Crippen molar-refractivity contribution >= 4 is 17.3 Å². The van der Waals surface area contributed by atoms with Gasteiger partial charge in [-0.1, -0.05) is 31.0 Å². The standard InChI is InChI=1S/C14H20ClNO/c1-2-11-5-4-8-16(9-11)14-7-3-6-13(15)12(14)10-17/h3,6-7,11,17H,2,4-5,8-10H2,1H3. The van der Waals surface area contributed by atoms with Gasteiger partial charge in [-0.05, 0) is 30.9 Å². The summed E-state index contributed by atoms with van der Waals surface area (Å²) >= 11 is 6.13. The van der Waals surface area contributed by atoms with Crippen molar-refractivity contribution in [3.05, 3.63) is 28.8 Å². The third kappa shape index (κ3) is 2.75. The van der Waals surface area contributed by atoms with Gasteiger partial charge in [0.05, 0.1) is 6.61 Å². The van der Waals surface area contributed by atoms with E-state index in [1.807, 2.05) is 12.1 Å². The maximum Gasteiger partial charge on any atom is 0.0716 e. The lowest BCUT2D eigenvalue weighted by molar-refractivity contribution is 0.281. The molecule has 94 valence electrons. The van der Waals surface area contributed by atoms with Gasteiger partial charge in [-0.3, -0.25) is 0 Å². The van der Waals surface area contributed by atoms with Crippen molar-refractivity contribution in [1.29, 1.82) is 0 Å². The van der Waals surface area contributed by atoms with Gasteiger partial charge in [-0.15, -0.1) is 0 Å². The van der Waals surface area contributed by atoms with Crippen LogP contribution >= 0.6 is 11.6 Å². The maximum absolute atomic E-state index is 9.44. The quantitative estimate of drug-likeness (QED) is 0.892. The molecule has 1 aliphatic heterocycles. The van der Waals surface area contributed by atoms with Crippen LogP contribution in [0.2, 0.25) is 5.02 Å². The van der Waals surface area contributed by atoms with Crippen LogP contribution in [0.1, 0.15) is 31.7 Å². The summed E-state index contributed by atoms with van der Waals surface area (Å²) in [6, 6.07) is 5.87. The summed E-state index contributed by atoms with van der Waals surface area (Å²) in [5.41, 5.74) is 1.98. The van der Waals surface area contributed by atoms with E-state index >= 15 is 0 Å². The number of benzene rings is 1. The molecule has 1 unspecified atom stereocenters. The van der Waals surface area contributed by atoms with Crippen LogP contribution in [0.25, 0.3) is 0 Å². The molecule has 1 fully saturated rings. The molecule has 1 atom stereocenters. The van der Waals surface area contributed by atoms with E-state index in [0.29, 0.717) is 5.02 Å². The fraction of sp³-hybridized carbons (Fsp3) is 0.571. The Kier molecular flexibility index (Phi) is 4.30. The monoisotopic (exact) mass is 253 g/mol. The fourth-order valence-corrected chi connectivity index (χ4v) is 2.85. The van der Waals surface area contributed by atoms with E-state index < -0.39 is 0 Å². The van der Waals surface area contributed by atoms with Crippen LogP contribution in [0, 0.1) is 5.92 Å². The Morgan fingerprint density at radius 2 is 2.29 bits per heavy atom. The number of rotatable bonds is 3. The minimum absolute atomic E-state index is 0.0162. The Hall–Kier alpha value is -0.730. The van der Waals surface area contributed by atoms with E-state index in [9.17, 15) is 5.11 Å². The van der Waals surface area contributed by atoms with Crippen LogP contribution in [-0.2, 0) is 6.61 Å². The number of nitrogens with zero attached hydrogens (tertiary/aromatic N) is 1. The molecule has 0 bridgehead atoms. The molecule has 2 rings (SSSR count). The van der Waals surface area contributed by atoms with Crippen LogP contribution in [0.5, 0.6) is 0 Å². The van der Waals surface area contributed by atoms with Crippen LogP contribution < -0.4 is 4.90 Å². The van der Waals surface area contributed by atoms with Gasteiger partial charge in [-0.2, -0.15) is 0 Å². The number of hydrogen-bond acceptors (Lipinski definition) is 2. The summed E-state index contributed by atoms with van der Waals surface area (Å²) in [5.74, 6) is 0.772. The SMILES string of the molecule is CCC1CCCN(c2cccc(Cl)c2CO)C1. The Morgan fingerprint density at radius 3 is 3.00 bits per heavy atom. The lowest BCUT2D eigenvalue weighted by atomic mass is 9.95. The summed E-state index contributed by atoms with van der Waals surface area (Å²) in [4.78, 5) is 2.37. The van der Waals surface area contributed by atoms with Crippen molar-refractivity contribution in [2.24, 2.45) is 5.92 Å². The van der Waals surface area contributed by atoms with Crippen molar-refractivity contribution in [1.82, 2.24) is 0 Å². The first-order chi connectivity index (χ1) is 8.26. The van der Waals surface area contributed by atoms with Crippen LogP contribution in [0.4, 0.5) is 5.69 Å². The summed E-state index contributed by atoms with van der Waals surface area (Å²) in [7, 11) is 0. The molecule has 2 nitrogen and oxygen atoms in total. The predicted molar refractivity (Wildman–Crippen MR) is 72.6 cm³/mol. The van der Waals surface area contributed by atoms with Gasteiger partial charge in [0, 0.05) is 29.4 Å². The Balaban J connectivity index is 2.24. The largest absolute Gasteiger partial charge is 0.392 e. The molecule has 0 aromatic heterocycles. The maximum atomic E-state index is 9.44. The first kappa shape index (κ1) is 12.7. The van der Waals surface area contributed by atoms with Crippen molar-refractivity contribution in [3.63, 3.8) is 0 Å². The van der Waals surface area contributed by atoms with E-state index in [1.54, 1.807) is 0 Å². The van der Waals surface area contributed by atoms with Crippen molar-refractivity contribution < 1.29 is 5.11 Å². The minimum Gasteiger partial charge on any atom is -0.392 e. The molecule has 0 aliphatic carbocycles. The molecular weight excluding hydrogens is 234 g/mol. The minimum atomic E-state index is 0.0162. The van der Waals surface area contributed by atoms with Gasteiger partial charge in [0.15, 0.2) is 0 Å². The highest BCUT2D eigenvalue weighted by Gasteiger charge is 2.21. The third-order valence-electron chi connectivity index (χ3n) is 3.69. The number of anilines is 1. The second kappa shape index (κ2) is 5.74. The smallest absolute Gasteiger partial charge is 0.0716 e. The molecule has 1 aromatic carbocycles. The number of aliphatic hydroxyl groups is 1. The molecule has 0 spiro atoms. The molecule has 0 amide bonds. The van der Waals surface area contributed by atoms with Crippen molar-refractivity contribution in [2.45, 2.75) is 32.8 Å². The summed E-state index contributed by atoms with van der Waals surface area (Å²) in [6.45, 7) is 4.43.